The minimum atomic E-state index is -0.348. The molecule has 0 aliphatic carbocycles. The zero-order valence-electron chi connectivity index (χ0n) is 12.4. The Morgan fingerprint density at radius 3 is 3.14 bits per heavy atom. The lowest BCUT2D eigenvalue weighted by Crippen LogP contribution is -2.29. The van der Waals surface area contributed by atoms with Gasteiger partial charge in [0, 0.05) is 44.3 Å². The van der Waals surface area contributed by atoms with Crippen LogP contribution in [-0.4, -0.2) is 34.5 Å². The highest BCUT2D eigenvalue weighted by Gasteiger charge is 2.38. The number of hydrogen-bond donors (Lipinski definition) is 1. The van der Waals surface area contributed by atoms with Crippen molar-refractivity contribution in [2.24, 2.45) is 10.2 Å². The minimum Gasteiger partial charge on any atom is -0.478 e. The van der Waals surface area contributed by atoms with Gasteiger partial charge in [-0.1, -0.05) is 0 Å². The number of carbonyl (C=O) groups is 1. The molecule has 0 saturated heterocycles. The summed E-state index contributed by atoms with van der Waals surface area (Å²) in [5.41, 5.74) is 0.486. The van der Waals surface area contributed by atoms with Crippen molar-refractivity contribution in [3.05, 3.63) is 11.8 Å². The van der Waals surface area contributed by atoms with E-state index in [9.17, 15) is 4.79 Å². The van der Waals surface area contributed by atoms with Crippen LogP contribution in [0.15, 0.2) is 16.4 Å². The van der Waals surface area contributed by atoms with Gasteiger partial charge in [0.05, 0.1) is 19.2 Å². The van der Waals surface area contributed by atoms with E-state index >= 15 is 0 Å². The van der Waals surface area contributed by atoms with Crippen LogP contribution in [-0.2, 0) is 17.8 Å². The van der Waals surface area contributed by atoms with Gasteiger partial charge in [0.1, 0.15) is 0 Å². The average molecular weight is 301 g/mol. The van der Waals surface area contributed by atoms with Crippen LogP contribution < -0.4 is 10.1 Å². The molecule has 0 atom stereocenters. The fourth-order valence-electron chi connectivity index (χ4n) is 2.55. The summed E-state index contributed by atoms with van der Waals surface area (Å²) in [5, 5.41) is 15.2. The maximum atomic E-state index is 12.0. The normalized spacial score (nSPS) is 17.2. The van der Waals surface area contributed by atoms with E-state index in [1.807, 2.05) is 4.68 Å². The molecule has 2 aliphatic heterocycles. The van der Waals surface area contributed by atoms with Crippen LogP contribution in [0.5, 0.6) is 5.88 Å². The summed E-state index contributed by atoms with van der Waals surface area (Å²) >= 11 is 0. The van der Waals surface area contributed by atoms with Gasteiger partial charge in [-0.3, -0.25) is 4.79 Å². The highest BCUT2D eigenvalue weighted by molar-refractivity contribution is 5.79. The molecule has 0 saturated carbocycles. The first-order valence-electron chi connectivity index (χ1n) is 7.54. The molecule has 0 radical (unpaired) electrons. The molecule has 1 aromatic heterocycles. The second-order valence-electron chi connectivity index (χ2n) is 5.56. The van der Waals surface area contributed by atoms with Crippen molar-refractivity contribution >= 4 is 5.91 Å². The van der Waals surface area contributed by atoms with E-state index in [0.717, 1.165) is 30.8 Å². The standard InChI is InChI=1S/C15H19N5O2/c1-2-3-5-15(18-19-15)6-7-16-13(21)10-12-11-17-20-8-4-9-22-14(12)20/h1,11H,3-10H2,(H,16,21). The zero-order chi connectivity index (χ0) is 15.4. The topological polar surface area (TPSA) is 80.9 Å². The zero-order valence-corrected chi connectivity index (χ0v) is 12.4. The van der Waals surface area contributed by atoms with Crippen molar-refractivity contribution < 1.29 is 9.53 Å². The van der Waals surface area contributed by atoms with Gasteiger partial charge in [-0.25, -0.2) is 4.68 Å². The van der Waals surface area contributed by atoms with Gasteiger partial charge in [-0.15, -0.1) is 12.3 Å². The molecule has 116 valence electrons. The number of nitrogens with zero attached hydrogens (tertiary/aromatic N) is 4. The molecule has 1 aromatic rings. The Bertz CT molecular complexity index is 622. The molecular weight excluding hydrogens is 282 g/mol. The second kappa shape index (κ2) is 6.18. The lowest BCUT2D eigenvalue weighted by molar-refractivity contribution is -0.120. The number of fused-ring (bicyclic) bond motifs is 1. The lowest BCUT2D eigenvalue weighted by atomic mass is 10.0. The molecule has 0 aromatic carbocycles. The summed E-state index contributed by atoms with van der Waals surface area (Å²) in [5.74, 6) is 3.27. The van der Waals surface area contributed by atoms with Gasteiger partial charge in [0.25, 0.3) is 0 Å². The van der Waals surface area contributed by atoms with Gasteiger partial charge < -0.3 is 10.1 Å². The third kappa shape index (κ3) is 3.27. The number of carbonyl (C=O) groups excluding carboxylic acids is 1. The van der Waals surface area contributed by atoms with Crippen molar-refractivity contribution in [3.63, 3.8) is 0 Å². The van der Waals surface area contributed by atoms with Gasteiger partial charge in [-0.2, -0.15) is 15.3 Å². The van der Waals surface area contributed by atoms with E-state index in [0.29, 0.717) is 26.0 Å². The SMILES string of the molecule is C#CCCC1(CCNC(=O)Cc2cnn3c2OCCC3)N=N1. The van der Waals surface area contributed by atoms with Gasteiger partial charge in [0.2, 0.25) is 11.8 Å². The fourth-order valence-corrected chi connectivity index (χ4v) is 2.55. The number of aromatic nitrogens is 2. The summed E-state index contributed by atoms with van der Waals surface area (Å²) in [6, 6.07) is 0. The summed E-state index contributed by atoms with van der Waals surface area (Å²) in [6.45, 7) is 2.07. The van der Waals surface area contributed by atoms with Crippen LogP contribution in [0.2, 0.25) is 0 Å². The van der Waals surface area contributed by atoms with Crippen LogP contribution >= 0.6 is 0 Å². The highest BCUT2D eigenvalue weighted by Crippen LogP contribution is 2.36. The number of hydrogen-bond acceptors (Lipinski definition) is 5. The van der Waals surface area contributed by atoms with E-state index in [4.69, 9.17) is 11.2 Å². The van der Waals surface area contributed by atoms with Gasteiger partial charge in [0.15, 0.2) is 5.66 Å². The van der Waals surface area contributed by atoms with E-state index in [2.05, 4.69) is 26.6 Å². The molecule has 3 heterocycles. The number of nitrogens with one attached hydrogen (secondary N) is 1. The number of rotatable bonds is 7. The van der Waals surface area contributed by atoms with Gasteiger partial charge in [-0.05, 0) is 0 Å². The first-order valence-corrected chi connectivity index (χ1v) is 7.54. The van der Waals surface area contributed by atoms with Crippen molar-refractivity contribution in [2.75, 3.05) is 13.2 Å². The van der Waals surface area contributed by atoms with Crippen LogP contribution in [0.25, 0.3) is 0 Å². The number of aryl methyl sites for hydroxylation is 1. The maximum absolute atomic E-state index is 12.0. The summed E-state index contributed by atoms with van der Waals surface area (Å²) in [7, 11) is 0. The molecule has 7 nitrogen and oxygen atoms in total. The van der Waals surface area contributed by atoms with Crippen molar-refractivity contribution in [1.82, 2.24) is 15.1 Å². The third-order valence-corrected chi connectivity index (χ3v) is 3.87. The monoisotopic (exact) mass is 301 g/mol. The molecule has 0 unspecified atom stereocenters. The Hall–Kier alpha value is -2.36. The molecule has 2 aliphatic rings. The Morgan fingerprint density at radius 2 is 2.36 bits per heavy atom. The first kappa shape index (κ1) is 14.6. The van der Waals surface area contributed by atoms with Gasteiger partial charge >= 0.3 is 0 Å². The summed E-state index contributed by atoms with van der Waals surface area (Å²) < 4.78 is 7.39. The largest absolute Gasteiger partial charge is 0.478 e. The van der Waals surface area contributed by atoms with E-state index in [-0.39, 0.29) is 18.0 Å². The number of amides is 1. The Labute approximate surface area is 129 Å². The lowest BCUT2D eigenvalue weighted by Gasteiger charge is -2.16. The van der Waals surface area contributed by atoms with Crippen molar-refractivity contribution in [2.45, 2.75) is 44.3 Å². The highest BCUT2D eigenvalue weighted by atomic mass is 16.5. The minimum absolute atomic E-state index is 0.0438. The van der Waals surface area contributed by atoms with E-state index in [1.54, 1.807) is 6.20 Å². The molecule has 0 fully saturated rings. The fraction of sp³-hybridized carbons (Fsp3) is 0.600. The second-order valence-corrected chi connectivity index (χ2v) is 5.56. The molecule has 1 N–H and O–H groups in total. The molecule has 0 spiro atoms. The molecular formula is C15H19N5O2. The molecule has 3 rings (SSSR count). The average Bonchev–Trinajstić information content (AvgIpc) is 3.19. The number of terminal acetylenes is 1. The smallest absolute Gasteiger partial charge is 0.224 e. The molecule has 1 amide bonds. The van der Waals surface area contributed by atoms with Crippen LogP contribution in [0.4, 0.5) is 0 Å². The Morgan fingerprint density at radius 1 is 1.50 bits per heavy atom. The quantitative estimate of drug-likeness (QED) is 0.771. The predicted molar refractivity (Wildman–Crippen MR) is 79.3 cm³/mol. The first-order chi connectivity index (χ1) is 10.7. The molecule has 7 heteroatoms. The predicted octanol–water partition coefficient (Wildman–Crippen LogP) is 1.29. The summed E-state index contributed by atoms with van der Waals surface area (Å²) in [4.78, 5) is 12.0. The van der Waals surface area contributed by atoms with E-state index in [1.165, 1.54) is 0 Å². The van der Waals surface area contributed by atoms with E-state index < -0.39 is 0 Å². The molecule has 22 heavy (non-hydrogen) atoms. The summed E-state index contributed by atoms with van der Waals surface area (Å²) in [6.07, 6.45) is 10.3. The maximum Gasteiger partial charge on any atom is 0.224 e. The molecule has 0 bridgehead atoms. The van der Waals surface area contributed by atoms with Crippen LogP contribution in [0, 0.1) is 12.3 Å². The van der Waals surface area contributed by atoms with Crippen LogP contribution in [0.1, 0.15) is 31.2 Å². The van der Waals surface area contributed by atoms with Crippen molar-refractivity contribution in [3.8, 4) is 18.2 Å². The van der Waals surface area contributed by atoms with Crippen LogP contribution in [0.3, 0.4) is 0 Å². The Kier molecular flexibility index (Phi) is 4.09. The Balaban J connectivity index is 1.43. The third-order valence-electron chi connectivity index (χ3n) is 3.87. The van der Waals surface area contributed by atoms with Crippen molar-refractivity contribution in [1.29, 1.82) is 0 Å². The number of ether oxygens (including phenoxy) is 1.